The normalized spacial score (nSPS) is 18.2. The summed E-state index contributed by atoms with van der Waals surface area (Å²) in [6, 6.07) is 5.91. The van der Waals surface area contributed by atoms with E-state index < -0.39 is 47.5 Å². The first-order valence-corrected chi connectivity index (χ1v) is 14.7. The van der Waals surface area contributed by atoms with Gasteiger partial charge in [-0.05, 0) is 44.0 Å². The van der Waals surface area contributed by atoms with E-state index in [-0.39, 0.29) is 29.7 Å². The van der Waals surface area contributed by atoms with Gasteiger partial charge in [0.25, 0.3) is 11.8 Å². The first-order chi connectivity index (χ1) is 19.4. The first kappa shape index (κ1) is 30.4. The second-order valence-electron chi connectivity index (χ2n) is 9.91. The maximum absolute atomic E-state index is 13.1. The van der Waals surface area contributed by atoms with E-state index in [1.165, 1.54) is 10.3 Å². The number of amides is 3. The molecular formula is C26H28IN5O8S. The number of alkyl halides is 1. The molecule has 0 aliphatic carbocycles. The van der Waals surface area contributed by atoms with E-state index in [2.05, 4.69) is 38.2 Å². The number of fused-ring (bicyclic) bond motifs is 1. The molecule has 1 fully saturated rings. The number of nitrogens with zero attached hydrogens (tertiary/aromatic N) is 2. The van der Waals surface area contributed by atoms with Gasteiger partial charge in [-0.25, -0.2) is 14.6 Å². The smallest absolute Gasteiger partial charge is 0.413 e. The van der Waals surface area contributed by atoms with Crippen molar-refractivity contribution in [1.29, 1.82) is 5.41 Å². The molecule has 0 radical (unpaired) electrons. The van der Waals surface area contributed by atoms with Crippen LogP contribution in [0.1, 0.15) is 32.0 Å². The fourth-order valence-electron chi connectivity index (χ4n) is 3.88. The summed E-state index contributed by atoms with van der Waals surface area (Å²) in [4.78, 5) is 56.2. The Kier molecular flexibility index (Phi) is 9.28. The van der Waals surface area contributed by atoms with E-state index in [1.807, 2.05) is 0 Å². The molecule has 218 valence electrons. The number of methoxy groups -OCH3 is 1. The van der Waals surface area contributed by atoms with Crippen molar-refractivity contribution in [3.8, 4) is 5.75 Å². The standard InChI is InChI=1S/C26H28IN5O8S/c1-26(2,3)40-25(36)31-24-29-16(12-41-24)17(28)20(33)30-18-21(34)32-19(14(9-27)11-38-22(18)32)23(35)39-10-13-5-7-15(37-4)8-6-13/h5-8,12,18,22,28H,9-11H2,1-4H3,(H,30,33)(H,29,31,36)/t18-,22-/m1/s1. The Bertz CT molecular complexity index is 1400. The van der Waals surface area contributed by atoms with Crippen LogP contribution in [-0.2, 0) is 35.2 Å². The highest BCUT2D eigenvalue weighted by molar-refractivity contribution is 14.1. The molecule has 0 unspecified atom stereocenters. The molecule has 2 aliphatic heterocycles. The third-order valence-electron chi connectivity index (χ3n) is 5.81. The van der Waals surface area contributed by atoms with Crippen molar-refractivity contribution < 1.29 is 38.1 Å². The van der Waals surface area contributed by atoms with Gasteiger partial charge in [0.15, 0.2) is 17.4 Å². The SMILES string of the molecule is COc1ccc(COC(=O)C2=C(CI)CO[C@@H]3[C@H](NC(=O)C(=N)c4csc(NC(=O)OC(C)(C)C)n4)C(=O)N23)cc1. The number of esters is 1. The van der Waals surface area contributed by atoms with Gasteiger partial charge < -0.3 is 24.3 Å². The highest BCUT2D eigenvalue weighted by Crippen LogP contribution is 2.34. The average Bonchev–Trinajstić information content (AvgIpc) is 3.40. The Morgan fingerprint density at radius 2 is 1.95 bits per heavy atom. The lowest BCUT2D eigenvalue weighted by Gasteiger charge is -2.49. The van der Waals surface area contributed by atoms with Gasteiger partial charge >= 0.3 is 12.1 Å². The Hall–Kier alpha value is -3.57. The third kappa shape index (κ3) is 7.02. The molecule has 0 bridgehead atoms. The number of aromatic nitrogens is 1. The summed E-state index contributed by atoms with van der Waals surface area (Å²) in [6.45, 7) is 5.20. The predicted octanol–water partition coefficient (Wildman–Crippen LogP) is 2.98. The zero-order chi connectivity index (χ0) is 29.9. The van der Waals surface area contributed by atoms with Gasteiger partial charge in [0.2, 0.25) is 0 Å². The minimum atomic E-state index is -1.11. The topological polar surface area (TPSA) is 169 Å². The summed E-state index contributed by atoms with van der Waals surface area (Å²) in [5, 5.41) is 14.7. The van der Waals surface area contributed by atoms with Gasteiger partial charge in [0.05, 0.1) is 13.7 Å². The molecule has 2 aromatic rings. The number of hydrogen-bond acceptors (Lipinski definition) is 11. The van der Waals surface area contributed by atoms with Crippen LogP contribution in [-0.4, -0.2) is 75.5 Å². The number of benzene rings is 1. The van der Waals surface area contributed by atoms with E-state index in [1.54, 1.807) is 52.1 Å². The Balaban J connectivity index is 1.37. The maximum atomic E-state index is 13.1. The lowest BCUT2D eigenvalue weighted by Crippen LogP contribution is -2.73. The second kappa shape index (κ2) is 12.5. The number of β-lactam (4-membered cyclic amide) rings is 1. The zero-order valence-corrected chi connectivity index (χ0v) is 25.6. The molecule has 2 atom stereocenters. The van der Waals surface area contributed by atoms with Crippen molar-refractivity contribution in [3.63, 3.8) is 0 Å². The van der Waals surface area contributed by atoms with Gasteiger partial charge in [-0.15, -0.1) is 11.3 Å². The molecule has 3 amide bonds. The van der Waals surface area contributed by atoms with E-state index in [9.17, 15) is 19.2 Å². The lowest BCUT2D eigenvalue weighted by atomic mass is 9.98. The van der Waals surface area contributed by atoms with Crippen molar-refractivity contribution in [1.82, 2.24) is 15.2 Å². The van der Waals surface area contributed by atoms with Gasteiger partial charge in [0, 0.05) is 9.81 Å². The summed E-state index contributed by atoms with van der Waals surface area (Å²) in [5.41, 5.74) is 0.197. The van der Waals surface area contributed by atoms with Crippen LogP contribution in [0.2, 0.25) is 0 Å². The summed E-state index contributed by atoms with van der Waals surface area (Å²) in [6.07, 6.45) is -1.66. The van der Waals surface area contributed by atoms with E-state index in [4.69, 9.17) is 24.4 Å². The second-order valence-corrected chi connectivity index (χ2v) is 11.5. The molecule has 2 aliphatic rings. The van der Waals surface area contributed by atoms with Crippen LogP contribution in [0.4, 0.5) is 9.93 Å². The summed E-state index contributed by atoms with van der Waals surface area (Å²) < 4.78 is 22.0. The highest BCUT2D eigenvalue weighted by atomic mass is 127. The summed E-state index contributed by atoms with van der Waals surface area (Å²) >= 11 is 3.08. The van der Waals surface area contributed by atoms with Gasteiger partial charge in [0.1, 0.15) is 35.1 Å². The Morgan fingerprint density at radius 1 is 1.24 bits per heavy atom. The van der Waals surface area contributed by atoms with E-state index in [0.717, 1.165) is 16.9 Å². The fourth-order valence-corrected chi connectivity index (χ4v) is 5.15. The quantitative estimate of drug-likeness (QED) is 0.117. The van der Waals surface area contributed by atoms with Crippen molar-refractivity contribution in [2.75, 3.05) is 23.5 Å². The maximum Gasteiger partial charge on any atom is 0.413 e. The minimum absolute atomic E-state index is 0.00152. The Morgan fingerprint density at radius 3 is 2.59 bits per heavy atom. The monoisotopic (exact) mass is 697 g/mol. The molecule has 0 saturated carbocycles. The number of hydrogen-bond donors (Lipinski definition) is 3. The number of halogens is 1. The van der Waals surface area contributed by atoms with Gasteiger partial charge in [-0.2, -0.15) is 0 Å². The molecule has 1 aromatic heterocycles. The molecule has 15 heteroatoms. The Labute approximate surface area is 253 Å². The predicted molar refractivity (Wildman–Crippen MR) is 156 cm³/mol. The molecule has 0 spiro atoms. The molecular weight excluding hydrogens is 669 g/mol. The number of thiazole rings is 1. The van der Waals surface area contributed by atoms with Crippen LogP contribution < -0.4 is 15.4 Å². The first-order valence-electron chi connectivity index (χ1n) is 12.3. The zero-order valence-electron chi connectivity index (χ0n) is 22.6. The van der Waals surface area contributed by atoms with E-state index >= 15 is 0 Å². The number of carbonyl (C=O) groups excluding carboxylic acids is 4. The minimum Gasteiger partial charge on any atom is -0.497 e. The lowest BCUT2D eigenvalue weighted by molar-refractivity contribution is -0.185. The molecule has 1 saturated heterocycles. The number of carbonyl (C=O) groups is 4. The molecule has 41 heavy (non-hydrogen) atoms. The van der Waals surface area contributed by atoms with Crippen LogP contribution >= 0.6 is 33.9 Å². The number of ether oxygens (including phenoxy) is 4. The van der Waals surface area contributed by atoms with Crippen molar-refractivity contribution in [2.24, 2.45) is 0 Å². The highest BCUT2D eigenvalue weighted by Gasteiger charge is 2.55. The number of rotatable bonds is 9. The molecule has 3 N–H and O–H groups in total. The third-order valence-corrected chi connectivity index (χ3v) is 7.49. The van der Waals surface area contributed by atoms with E-state index in [0.29, 0.717) is 15.8 Å². The van der Waals surface area contributed by atoms with Crippen LogP contribution in [0, 0.1) is 5.41 Å². The average molecular weight is 698 g/mol. The summed E-state index contributed by atoms with van der Waals surface area (Å²) in [7, 11) is 1.55. The number of nitrogens with one attached hydrogen (secondary N) is 3. The molecule has 1 aromatic carbocycles. The van der Waals surface area contributed by atoms with Crippen molar-refractivity contribution in [3.05, 3.63) is 52.2 Å². The van der Waals surface area contributed by atoms with Crippen molar-refractivity contribution >= 4 is 68.6 Å². The van der Waals surface area contributed by atoms with Crippen LogP contribution in [0.5, 0.6) is 5.75 Å². The molecule has 3 heterocycles. The molecule has 13 nitrogen and oxygen atoms in total. The van der Waals surface area contributed by atoms with Gasteiger partial charge in [-0.3, -0.25) is 25.2 Å². The number of anilines is 1. The van der Waals surface area contributed by atoms with Gasteiger partial charge in [-0.1, -0.05) is 34.7 Å². The van der Waals surface area contributed by atoms with Crippen LogP contribution in [0.15, 0.2) is 40.9 Å². The van der Waals surface area contributed by atoms with Crippen molar-refractivity contribution in [2.45, 2.75) is 45.2 Å². The molecule has 4 rings (SSSR count). The van der Waals surface area contributed by atoms with Crippen LogP contribution in [0.25, 0.3) is 0 Å². The van der Waals surface area contributed by atoms with Crippen LogP contribution in [0.3, 0.4) is 0 Å². The largest absolute Gasteiger partial charge is 0.497 e. The summed E-state index contributed by atoms with van der Waals surface area (Å²) in [5.74, 6) is -1.45. The fraction of sp³-hybridized carbons (Fsp3) is 0.385.